The summed E-state index contributed by atoms with van der Waals surface area (Å²) < 4.78 is 1.92. The largest absolute Gasteiger partial charge is 0.272 e. The van der Waals surface area contributed by atoms with Crippen LogP contribution < -0.4 is 5.43 Å². The van der Waals surface area contributed by atoms with Crippen molar-refractivity contribution in [2.45, 2.75) is 12.1 Å². The van der Waals surface area contributed by atoms with Gasteiger partial charge in [-0.25, -0.2) is 5.43 Å². The first-order valence-electron chi connectivity index (χ1n) is 10.3. The SMILES string of the molecule is Cc1ccc(-n2c(SCC(=O)N/N=C/c3cccc([N+](=O)[O-])c3)nnc2-c2ccccc2)cc1. The van der Waals surface area contributed by atoms with Crippen molar-refractivity contribution in [3.63, 3.8) is 0 Å². The topological polar surface area (TPSA) is 115 Å². The van der Waals surface area contributed by atoms with E-state index < -0.39 is 4.92 Å². The monoisotopic (exact) mass is 472 g/mol. The molecule has 1 aromatic heterocycles. The Bertz CT molecular complexity index is 1340. The standard InChI is InChI=1S/C24H20N6O3S/c1-17-10-12-20(13-11-17)29-23(19-7-3-2-4-8-19)27-28-24(29)34-16-22(31)26-25-15-18-6-5-9-21(14-18)30(32)33/h2-15H,16H2,1H3,(H,26,31)/b25-15+. The Morgan fingerprint density at radius 2 is 1.85 bits per heavy atom. The van der Waals surface area contributed by atoms with E-state index in [9.17, 15) is 14.9 Å². The Balaban J connectivity index is 1.48. The van der Waals surface area contributed by atoms with Gasteiger partial charge in [-0.05, 0) is 19.1 Å². The zero-order chi connectivity index (χ0) is 23.9. The number of aryl methyl sites for hydroxylation is 1. The number of hydrogen-bond donors (Lipinski definition) is 1. The fourth-order valence-electron chi connectivity index (χ4n) is 3.12. The van der Waals surface area contributed by atoms with E-state index in [1.165, 1.54) is 30.1 Å². The number of amides is 1. The summed E-state index contributed by atoms with van der Waals surface area (Å²) >= 11 is 1.24. The minimum Gasteiger partial charge on any atom is -0.272 e. The minimum atomic E-state index is -0.486. The summed E-state index contributed by atoms with van der Waals surface area (Å²) in [5, 5.41) is 24.0. The Morgan fingerprint density at radius 1 is 1.09 bits per heavy atom. The molecule has 9 nitrogen and oxygen atoms in total. The number of carbonyl (C=O) groups excluding carboxylic acids is 1. The van der Waals surface area contributed by atoms with Crippen molar-refractivity contribution in [3.05, 3.63) is 100 Å². The average molecular weight is 473 g/mol. The predicted octanol–water partition coefficient (Wildman–Crippen LogP) is 4.39. The van der Waals surface area contributed by atoms with Crippen LogP contribution in [0.3, 0.4) is 0 Å². The fourth-order valence-corrected chi connectivity index (χ4v) is 3.87. The second kappa shape index (κ2) is 10.5. The molecule has 10 heteroatoms. The molecular weight excluding hydrogens is 452 g/mol. The van der Waals surface area contributed by atoms with Crippen molar-refractivity contribution in [3.8, 4) is 17.1 Å². The molecule has 0 aliphatic heterocycles. The van der Waals surface area contributed by atoms with Crippen LogP contribution in [0.15, 0.2) is 89.1 Å². The van der Waals surface area contributed by atoms with Gasteiger partial charge in [-0.3, -0.25) is 19.5 Å². The number of thioether (sulfide) groups is 1. The highest BCUT2D eigenvalue weighted by Gasteiger charge is 2.17. The molecular formula is C24H20N6O3S. The number of rotatable bonds is 8. The van der Waals surface area contributed by atoms with Gasteiger partial charge in [0.1, 0.15) is 0 Å². The van der Waals surface area contributed by atoms with E-state index in [0.717, 1.165) is 16.8 Å². The lowest BCUT2D eigenvalue weighted by Gasteiger charge is -2.10. The van der Waals surface area contributed by atoms with E-state index in [0.29, 0.717) is 16.5 Å². The number of nitrogens with zero attached hydrogens (tertiary/aromatic N) is 5. The van der Waals surface area contributed by atoms with E-state index in [2.05, 4.69) is 20.7 Å². The zero-order valence-corrected chi connectivity index (χ0v) is 19.0. The lowest BCUT2D eigenvalue weighted by Crippen LogP contribution is -2.20. The highest BCUT2D eigenvalue weighted by molar-refractivity contribution is 7.99. The number of carbonyl (C=O) groups is 1. The van der Waals surface area contributed by atoms with Gasteiger partial charge in [0.05, 0.1) is 16.9 Å². The lowest BCUT2D eigenvalue weighted by molar-refractivity contribution is -0.384. The van der Waals surface area contributed by atoms with Gasteiger partial charge in [0, 0.05) is 28.9 Å². The molecule has 3 aromatic carbocycles. The van der Waals surface area contributed by atoms with Gasteiger partial charge < -0.3 is 0 Å². The summed E-state index contributed by atoms with van der Waals surface area (Å²) in [5.74, 6) is 0.396. The summed E-state index contributed by atoms with van der Waals surface area (Å²) in [7, 11) is 0. The van der Waals surface area contributed by atoms with Gasteiger partial charge >= 0.3 is 0 Å². The Labute approximate surface area is 199 Å². The predicted molar refractivity (Wildman–Crippen MR) is 131 cm³/mol. The van der Waals surface area contributed by atoms with Crippen LogP contribution in [-0.4, -0.2) is 37.6 Å². The number of nitrogens with one attached hydrogen (secondary N) is 1. The number of hydrogen-bond acceptors (Lipinski definition) is 7. The first-order chi connectivity index (χ1) is 16.5. The fraction of sp³-hybridized carbons (Fsp3) is 0.0833. The summed E-state index contributed by atoms with van der Waals surface area (Å²) in [6, 6.07) is 23.7. The van der Waals surface area contributed by atoms with Crippen molar-refractivity contribution >= 4 is 29.6 Å². The highest BCUT2D eigenvalue weighted by atomic mass is 32.2. The molecule has 4 rings (SSSR count). The maximum Gasteiger partial charge on any atom is 0.270 e. The molecule has 1 heterocycles. The Kier molecular flexibility index (Phi) is 7.09. The number of nitro benzene ring substituents is 1. The summed E-state index contributed by atoms with van der Waals surface area (Å²) in [6.45, 7) is 2.02. The van der Waals surface area contributed by atoms with Crippen molar-refractivity contribution in [1.82, 2.24) is 20.2 Å². The molecule has 34 heavy (non-hydrogen) atoms. The van der Waals surface area contributed by atoms with Gasteiger partial charge in [-0.15, -0.1) is 10.2 Å². The van der Waals surface area contributed by atoms with E-state index in [4.69, 9.17) is 0 Å². The number of nitro groups is 1. The molecule has 1 N–H and O–H groups in total. The first kappa shape index (κ1) is 22.9. The van der Waals surface area contributed by atoms with Crippen LogP contribution in [0.4, 0.5) is 5.69 Å². The molecule has 0 unspecified atom stereocenters. The van der Waals surface area contributed by atoms with Crippen molar-refractivity contribution < 1.29 is 9.72 Å². The number of aromatic nitrogens is 3. The third-order valence-corrected chi connectivity index (χ3v) is 5.70. The summed E-state index contributed by atoms with van der Waals surface area (Å²) in [5.41, 5.74) is 5.83. The molecule has 0 radical (unpaired) electrons. The van der Waals surface area contributed by atoms with Gasteiger partial charge in [-0.2, -0.15) is 5.10 Å². The third kappa shape index (κ3) is 5.54. The van der Waals surface area contributed by atoms with Gasteiger partial charge in [0.2, 0.25) is 0 Å². The molecule has 0 aliphatic carbocycles. The highest BCUT2D eigenvalue weighted by Crippen LogP contribution is 2.28. The van der Waals surface area contributed by atoms with E-state index in [1.54, 1.807) is 12.1 Å². The average Bonchev–Trinajstić information content (AvgIpc) is 3.28. The molecule has 0 saturated heterocycles. The molecule has 0 atom stereocenters. The molecule has 1 amide bonds. The first-order valence-corrected chi connectivity index (χ1v) is 11.3. The maximum atomic E-state index is 12.3. The second-order valence-corrected chi connectivity index (χ2v) is 8.22. The number of non-ortho nitro benzene ring substituents is 1. The van der Waals surface area contributed by atoms with Crippen LogP contribution in [0.1, 0.15) is 11.1 Å². The molecule has 0 aliphatic rings. The minimum absolute atomic E-state index is 0.0458. The smallest absolute Gasteiger partial charge is 0.270 e. The molecule has 0 bridgehead atoms. The zero-order valence-electron chi connectivity index (χ0n) is 18.2. The summed E-state index contributed by atoms with van der Waals surface area (Å²) in [6.07, 6.45) is 1.36. The van der Waals surface area contributed by atoms with Crippen LogP contribution in [0, 0.1) is 17.0 Å². The van der Waals surface area contributed by atoms with Crippen LogP contribution in [0.5, 0.6) is 0 Å². The van der Waals surface area contributed by atoms with E-state index in [-0.39, 0.29) is 17.3 Å². The van der Waals surface area contributed by atoms with E-state index in [1.807, 2.05) is 66.1 Å². The molecule has 0 saturated carbocycles. The van der Waals surface area contributed by atoms with E-state index >= 15 is 0 Å². The Hall–Kier alpha value is -4.31. The van der Waals surface area contributed by atoms with Crippen molar-refractivity contribution in [2.75, 3.05) is 5.75 Å². The van der Waals surface area contributed by atoms with Gasteiger partial charge in [0.25, 0.3) is 11.6 Å². The summed E-state index contributed by atoms with van der Waals surface area (Å²) in [4.78, 5) is 22.7. The van der Waals surface area contributed by atoms with Gasteiger partial charge in [-0.1, -0.05) is 71.9 Å². The normalized spacial score (nSPS) is 11.0. The van der Waals surface area contributed by atoms with Crippen LogP contribution >= 0.6 is 11.8 Å². The number of benzene rings is 3. The van der Waals surface area contributed by atoms with Gasteiger partial charge in [0.15, 0.2) is 11.0 Å². The molecule has 0 spiro atoms. The molecule has 4 aromatic rings. The molecule has 0 fully saturated rings. The number of hydrazone groups is 1. The molecule has 170 valence electrons. The van der Waals surface area contributed by atoms with Crippen molar-refractivity contribution in [2.24, 2.45) is 5.10 Å². The van der Waals surface area contributed by atoms with Crippen LogP contribution in [-0.2, 0) is 4.79 Å². The lowest BCUT2D eigenvalue weighted by atomic mass is 10.2. The quantitative estimate of drug-likeness (QED) is 0.176. The second-order valence-electron chi connectivity index (χ2n) is 7.28. The Morgan fingerprint density at radius 3 is 2.59 bits per heavy atom. The third-order valence-electron chi connectivity index (χ3n) is 4.77. The van der Waals surface area contributed by atoms with Crippen LogP contribution in [0.2, 0.25) is 0 Å². The maximum absolute atomic E-state index is 12.3. The van der Waals surface area contributed by atoms with Crippen LogP contribution in [0.25, 0.3) is 17.1 Å². The van der Waals surface area contributed by atoms with Crippen molar-refractivity contribution in [1.29, 1.82) is 0 Å².